The van der Waals surface area contributed by atoms with E-state index in [1.807, 2.05) is 0 Å². The third kappa shape index (κ3) is 11.2. The number of fused-ring (bicyclic) bond motifs is 3. The molecule has 4 aromatic rings. The first-order chi connectivity index (χ1) is 22.7. The van der Waals surface area contributed by atoms with Crippen LogP contribution in [0.5, 0.6) is 0 Å². The van der Waals surface area contributed by atoms with E-state index in [2.05, 4.69) is 108 Å². The molecule has 0 spiro atoms. The molecule has 2 aromatic carbocycles. The Hall–Kier alpha value is -2.63. The summed E-state index contributed by atoms with van der Waals surface area (Å²) in [7, 11) is 0. The van der Waals surface area contributed by atoms with Gasteiger partial charge in [0.15, 0.2) is 30.6 Å². The van der Waals surface area contributed by atoms with Gasteiger partial charge in [-0.05, 0) is 58.4 Å². The van der Waals surface area contributed by atoms with Crippen molar-refractivity contribution < 1.29 is 47.9 Å². The number of nitrogens with zero attached hydrogens (tertiary/aromatic N) is 2. The number of hydrogen-bond donors (Lipinski definition) is 0. The zero-order valence-corrected chi connectivity index (χ0v) is 32.5. The third-order valence-electron chi connectivity index (χ3n) is 9.81. The second kappa shape index (κ2) is 21.5. The van der Waals surface area contributed by atoms with Crippen molar-refractivity contribution in [2.24, 2.45) is 0 Å². The van der Waals surface area contributed by atoms with Crippen LogP contribution in [-0.4, -0.2) is 5.78 Å². The van der Waals surface area contributed by atoms with Crippen LogP contribution in [0.25, 0.3) is 33.4 Å². The van der Waals surface area contributed by atoms with Gasteiger partial charge in [0.1, 0.15) is 13.1 Å². The standard InChI is InChI=1S/C43H56N2O.2BrH/c1-3-5-7-9-11-13-15-17-27-44-29-23-35(24-30-44)37-19-21-39-40-22-20-38(34-42(40)43(46)41(39)33-37)36-25-31-45(32-26-36)28-18-16-14-12-10-8-6-4-2;;/h19-26,29-34H,3-18,27-28H2,1-2H3;2*1H/q+2;;/p-2. The van der Waals surface area contributed by atoms with E-state index in [1.54, 1.807) is 0 Å². The van der Waals surface area contributed by atoms with E-state index >= 15 is 0 Å². The van der Waals surface area contributed by atoms with Gasteiger partial charge in [0, 0.05) is 48.2 Å². The first kappa shape index (κ1) is 39.8. The number of pyridine rings is 2. The Morgan fingerprint density at radius 1 is 0.396 bits per heavy atom. The fraction of sp³-hybridized carbons (Fsp3) is 0.465. The van der Waals surface area contributed by atoms with E-state index in [0.29, 0.717) is 0 Å². The number of aromatic nitrogens is 2. The Morgan fingerprint density at radius 2 is 0.729 bits per heavy atom. The van der Waals surface area contributed by atoms with E-state index in [9.17, 15) is 4.79 Å². The summed E-state index contributed by atoms with van der Waals surface area (Å²) in [5.41, 5.74) is 8.24. The Labute approximate surface area is 311 Å². The van der Waals surface area contributed by atoms with E-state index < -0.39 is 0 Å². The van der Waals surface area contributed by atoms with Gasteiger partial charge in [-0.25, -0.2) is 9.13 Å². The molecule has 48 heavy (non-hydrogen) atoms. The van der Waals surface area contributed by atoms with Gasteiger partial charge in [-0.2, -0.15) is 0 Å². The summed E-state index contributed by atoms with van der Waals surface area (Å²) in [6.45, 7) is 6.68. The molecule has 0 N–H and O–H groups in total. The SMILES string of the molecule is CCCCCCCCCC[n+]1ccc(-c2ccc3c(c2)C(=O)c2cc(-c4cc[n+](CCCCCCCCCC)cc4)ccc2-3)cc1.[Br-].[Br-]. The Balaban J connectivity index is 0.00000312. The highest BCUT2D eigenvalue weighted by atomic mass is 79.9. The molecule has 0 unspecified atom stereocenters. The number of hydrogen-bond acceptors (Lipinski definition) is 1. The number of carbonyl (C=O) groups excluding carboxylic acids is 1. The van der Waals surface area contributed by atoms with E-state index in [4.69, 9.17) is 0 Å². The van der Waals surface area contributed by atoms with Crippen LogP contribution < -0.4 is 43.1 Å². The molecule has 258 valence electrons. The molecule has 2 heterocycles. The molecule has 0 saturated carbocycles. The average Bonchev–Trinajstić information content (AvgIpc) is 3.38. The van der Waals surface area contributed by atoms with Gasteiger partial charge in [0.05, 0.1) is 0 Å². The van der Waals surface area contributed by atoms with Crippen LogP contribution in [0.3, 0.4) is 0 Å². The summed E-state index contributed by atoms with van der Waals surface area (Å²) in [6.07, 6.45) is 30.2. The first-order valence-corrected chi connectivity index (χ1v) is 18.5. The lowest BCUT2D eigenvalue weighted by Crippen LogP contribution is -3.00. The molecule has 0 saturated heterocycles. The van der Waals surface area contributed by atoms with Gasteiger partial charge >= 0.3 is 0 Å². The second-order valence-electron chi connectivity index (χ2n) is 13.4. The highest BCUT2D eigenvalue weighted by Gasteiger charge is 2.27. The molecule has 0 atom stereocenters. The number of aryl methyl sites for hydroxylation is 2. The summed E-state index contributed by atoms with van der Waals surface area (Å²) in [6, 6.07) is 21.5. The maximum absolute atomic E-state index is 13.6. The smallest absolute Gasteiger partial charge is 0.194 e. The van der Waals surface area contributed by atoms with Crippen molar-refractivity contribution in [1.29, 1.82) is 0 Å². The predicted octanol–water partition coefficient (Wildman–Crippen LogP) is 5.10. The van der Waals surface area contributed by atoms with Crippen LogP contribution in [0.15, 0.2) is 85.5 Å². The van der Waals surface area contributed by atoms with Gasteiger partial charge in [-0.3, -0.25) is 4.79 Å². The maximum atomic E-state index is 13.6. The summed E-state index contributed by atoms with van der Waals surface area (Å²) >= 11 is 0. The van der Waals surface area contributed by atoms with Crippen LogP contribution >= 0.6 is 0 Å². The first-order valence-electron chi connectivity index (χ1n) is 18.5. The van der Waals surface area contributed by atoms with Gasteiger partial charge in [0.25, 0.3) is 0 Å². The number of unbranched alkanes of at least 4 members (excludes halogenated alkanes) is 14. The second-order valence-corrected chi connectivity index (χ2v) is 13.4. The fourth-order valence-corrected chi connectivity index (χ4v) is 6.89. The molecule has 5 rings (SSSR count). The van der Waals surface area contributed by atoms with Crippen molar-refractivity contribution >= 4 is 5.78 Å². The Bertz CT molecular complexity index is 1420. The minimum Gasteiger partial charge on any atom is -1.00 e. The monoisotopic (exact) mass is 774 g/mol. The maximum Gasteiger partial charge on any atom is 0.194 e. The van der Waals surface area contributed by atoms with Crippen molar-refractivity contribution in [3.8, 4) is 33.4 Å². The van der Waals surface area contributed by atoms with Crippen molar-refractivity contribution in [3.05, 3.63) is 96.6 Å². The molecular weight excluding hydrogens is 720 g/mol. The molecule has 0 radical (unpaired) electrons. The quantitative estimate of drug-likeness (QED) is 0.0799. The highest BCUT2D eigenvalue weighted by Crippen LogP contribution is 2.40. The van der Waals surface area contributed by atoms with Crippen molar-refractivity contribution in [2.75, 3.05) is 0 Å². The minimum absolute atomic E-state index is 0. The van der Waals surface area contributed by atoms with Crippen LogP contribution in [0, 0.1) is 0 Å². The number of ketones is 1. The predicted molar refractivity (Wildman–Crippen MR) is 192 cm³/mol. The van der Waals surface area contributed by atoms with Crippen LogP contribution in [0.2, 0.25) is 0 Å². The van der Waals surface area contributed by atoms with Crippen molar-refractivity contribution in [3.63, 3.8) is 0 Å². The average molecular weight is 777 g/mol. The lowest BCUT2D eigenvalue weighted by molar-refractivity contribution is -0.697. The van der Waals surface area contributed by atoms with Crippen molar-refractivity contribution in [2.45, 2.75) is 130 Å². The van der Waals surface area contributed by atoms with Crippen LogP contribution in [-0.2, 0) is 13.1 Å². The molecule has 3 nitrogen and oxygen atoms in total. The van der Waals surface area contributed by atoms with E-state index in [-0.39, 0.29) is 39.7 Å². The number of rotatable bonds is 20. The Morgan fingerprint density at radius 3 is 1.08 bits per heavy atom. The number of carbonyl (C=O) groups is 1. The van der Waals surface area contributed by atoms with Crippen LogP contribution in [0.1, 0.15) is 133 Å². The van der Waals surface area contributed by atoms with Gasteiger partial charge in [0.2, 0.25) is 0 Å². The zero-order valence-electron chi connectivity index (χ0n) is 29.4. The third-order valence-corrected chi connectivity index (χ3v) is 9.81. The van der Waals surface area contributed by atoms with Gasteiger partial charge in [-0.15, -0.1) is 0 Å². The van der Waals surface area contributed by atoms with Gasteiger partial charge in [-0.1, -0.05) is 115 Å². The molecule has 2 aromatic heterocycles. The summed E-state index contributed by atoms with van der Waals surface area (Å²) in [5, 5.41) is 0. The highest BCUT2D eigenvalue weighted by molar-refractivity contribution is 6.22. The molecule has 0 fully saturated rings. The van der Waals surface area contributed by atoms with E-state index in [1.165, 1.54) is 103 Å². The number of benzene rings is 2. The zero-order chi connectivity index (χ0) is 32.0. The lowest BCUT2D eigenvalue weighted by Gasteiger charge is -2.06. The molecule has 5 heteroatoms. The molecule has 1 aliphatic carbocycles. The number of halogens is 2. The van der Waals surface area contributed by atoms with Gasteiger partial charge < -0.3 is 34.0 Å². The molecule has 0 bridgehead atoms. The van der Waals surface area contributed by atoms with Crippen LogP contribution in [0.4, 0.5) is 0 Å². The lowest BCUT2D eigenvalue weighted by atomic mass is 9.98. The topological polar surface area (TPSA) is 24.8 Å². The van der Waals surface area contributed by atoms with E-state index in [0.717, 1.165) is 57.6 Å². The molecular formula is C43H56Br2N2O. The molecule has 1 aliphatic rings. The summed E-state index contributed by atoms with van der Waals surface area (Å²) in [5.74, 6) is 0.134. The minimum atomic E-state index is 0. The largest absolute Gasteiger partial charge is 1.00 e. The van der Waals surface area contributed by atoms with Crippen molar-refractivity contribution in [1.82, 2.24) is 0 Å². The summed E-state index contributed by atoms with van der Waals surface area (Å²) < 4.78 is 4.58. The fourth-order valence-electron chi connectivity index (χ4n) is 6.89. The molecule has 0 aliphatic heterocycles. The summed E-state index contributed by atoms with van der Waals surface area (Å²) in [4.78, 5) is 13.6. The normalized spacial score (nSPS) is 11.5. The Kier molecular flexibility index (Phi) is 17.8. The molecule has 0 amide bonds.